The minimum absolute atomic E-state index is 0.159. The van der Waals surface area contributed by atoms with Gasteiger partial charge in [-0.05, 0) is 31.2 Å². The van der Waals surface area contributed by atoms with Crippen LogP contribution >= 0.6 is 15.9 Å². The van der Waals surface area contributed by atoms with Crippen LogP contribution in [-0.2, 0) is 0 Å². The molecule has 0 unspecified atom stereocenters. The number of benzene rings is 2. The molecule has 2 aromatic rings. The topological polar surface area (TPSA) is 26.3 Å². The molecular weight excluding hydrogens is 311 g/mol. The van der Waals surface area contributed by atoms with Crippen LogP contribution in [-0.4, -0.2) is 12.9 Å². The third-order valence-electron chi connectivity index (χ3n) is 2.83. The molecule has 0 amide bonds. The molecule has 0 bridgehead atoms. The number of Topliss-reactive ketones (excluding diaryl/α,β-unsaturated/α-hetero) is 1. The Balaban J connectivity index is 2.56. The summed E-state index contributed by atoms with van der Waals surface area (Å²) in [5.41, 5.74) is 1.42. The number of hydrogen-bond donors (Lipinski definition) is 0. The molecule has 19 heavy (non-hydrogen) atoms. The minimum atomic E-state index is -0.437. The van der Waals surface area contributed by atoms with Gasteiger partial charge in [0.2, 0.25) is 0 Å². The van der Waals surface area contributed by atoms with Crippen LogP contribution in [0.1, 0.15) is 17.3 Å². The lowest BCUT2D eigenvalue weighted by atomic mass is 10.0. The molecule has 0 aliphatic rings. The molecule has 0 N–H and O–H groups in total. The number of halogens is 2. The van der Waals surface area contributed by atoms with Crippen molar-refractivity contribution in [3.63, 3.8) is 0 Å². The first-order valence-electron chi connectivity index (χ1n) is 5.67. The first-order chi connectivity index (χ1) is 9.02. The molecule has 0 aromatic heterocycles. The van der Waals surface area contributed by atoms with Crippen LogP contribution in [0.5, 0.6) is 5.75 Å². The monoisotopic (exact) mass is 322 g/mol. The summed E-state index contributed by atoms with van der Waals surface area (Å²) < 4.78 is 20.2. The van der Waals surface area contributed by atoms with Crippen molar-refractivity contribution in [3.05, 3.63) is 52.3 Å². The molecule has 0 saturated heterocycles. The average molecular weight is 323 g/mol. The van der Waals surface area contributed by atoms with E-state index in [0.29, 0.717) is 22.4 Å². The van der Waals surface area contributed by atoms with Gasteiger partial charge in [0.15, 0.2) is 5.78 Å². The number of carbonyl (C=O) groups excluding carboxylic acids is 1. The first kappa shape index (κ1) is 13.7. The Kier molecular flexibility index (Phi) is 4.00. The summed E-state index contributed by atoms with van der Waals surface area (Å²) in [6.07, 6.45) is 0. The SMILES string of the molecule is COc1cc(Br)ccc1-c1ccc(C(C)=O)cc1F. The summed E-state index contributed by atoms with van der Waals surface area (Å²) in [5, 5.41) is 0. The van der Waals surface area contributed by atoms with Crippen LogP contribution in [0.2, 0.25) is 0 Å². The third kappa shape index (κ3) is 2.84. The number of hydrogen-bond acceptors (Lipinski definition) is 2. The van der Waals surface area contributed by atoms with Gasteiger partial charge in [0, 0.05) is 21.2 Å². The van der Waals surface area contributed by atoms with E-state index in [0.717, 1.165) is 4.47 Å². The van der Waals surface area contributed by atoms with Crippen molar-refractivity contribution in [2.75, 3.05) is 7.11 Å². The fourth-order valence-electron chi connectivity index (χ4n) is 1.84. The lowest BCUT2D eigenvalue weighted by Crippen LogP contribution is -1.96. The smallest absolute Gasteiger partial charge is 0.159 e. The van der Waals surface area contributed by atoms with Crippen molar-refractivity contribution in [1.82, 2.24) is 0 Å². The maximum Gasteiger partial charge on any atom is 0.159 e. The summed E-state index contributed by atoms with van der Waals surface area (Å²) >= 11 is 3.34. The molecule has 98 valence electrons. The van der Waals surface area contributed by atoms with E-state index >= 15 is 0 Å². The van der Waals surface area contributed by atoms with E-state index in [1.165, 1.54) is 20.1 Å². The Hall–Kier alpha value is -1.68. The quantitative estimate of drug-likeness (QED) is 0.779. The fraction of sp³-hybridized carbons (Fsp3) is 0.133. The van der Waals surface area contributed by atoms with Crippen molar-refractivity contribution in [2.24, 2.45) is 0 Å². The van der Waals surface area contributed by atoms with E-state index in [4.69, 9.17) is 4.74 Å². The van der Waals surface area contributed by atoms with E-state index in [-0.39, 0.29) is 5.78 Å². The number of ketones is 1. The summed E-state index contributed by atoms with van der Waals surface area (Å²) in [5.74, 6) is -0.0228. The molecule has 0 fully saturated rings. The van der Waals surface area contributed by atoms with Gasteiger partial charge < -0.3 is 4.74 Å². The zero-order valence-corrected chi connectivity index (χ0v) is 12.1. The molecule has 0 heterocycles. The number of methoxy groups -OCH3 is 1. The molecule has 0 aliphatic carbocycles. The second kappa shape index (κ2) is 5.53. The molecule has 0 radical (unpaired) electrons. The Labute approximate surface area is 119 Å². The summed E-state index contributed by atoms with van der Waals surface area (Å²) in [7, 11) is 1.53. The van der Waals surface area contributed by atoms with E-state index in [9.17, 15) is 9.18 Å². The van der Waals surface area contributed by atoms with Crippen LogP contribution in [0.25, 0.3) is 11.1 Å². The highest BCUT2D eigenvalue weighted by atomic mass is 79.9. The third-order valence-corrected chi connectivity index (χ3v) is 3.32. The highest BCUT2D eigenvalue weighted by molar-refractivity contribution is 9.10. The molecule has 0 atom stereocenters. The number of carbonyl (C=O) groups is 1. The largest absolute Gasteiger partial charge is 0.496 e. The van der Waals surface area contributed by atoms with Crippen molar-refractivity contribution < 1.29 is 13.9 Å². The Morgan fingerprint density at radius 1 is 1.16 bits per heavy atom. The molecule has 0 saturated carbocycles. The van der Waals surface area contributed by atoms with E-state index < -0.39 is 5.82 Å². The van der Waals surface area contributed by atoms with Gasteiger partial charge in [0.25, 0.3) is 0 Å². The second-order valence-electron chi connectivity index (χ2n) is 4.10. The van der Waals surface area contributed by atoms with Crippen LogP contribution < -0.4 is 4.74 Å². The highest BCUT2D eigenvalue weighted by Gasteiger charge is 2.12. The average Bonchev–Trinajstić information content (AvgIpc) is 2.38. The summed E-state index contributed by atoms with van der Waals surface area (Å²) in [6, 6.07) is 9.82. The Bertz CT molecular complexity index is 638. The molecule has 2 rings (SSSR count). The normalized spacial score (nSPS) is 10.3. The van der Waals surface area contributed by atoms with Crippen LogP contribution in [0.4, 0.5) is 4.39 Å². The lowest BCUT2D eigenvalue weighted by Gasteiger charge is -2.10. The molecule has 2 aromatic carbocycles. The molecular formula is C15H12BrFO2. The first-order valence-corrected chi connectivity index (χ1v) is 6.46. The zero-order chi connectivity index (χ0) is 14.0. The summed E-state index contributed by atoms with van der Waals surface area (Å²) in [6.45, 7) is 1.41. The van der Waals surface area contributed by atoms with Crippen molar-refractivity contribution in [2.45, 2.75) is 6.92 Å². The van der Waals surface area contributed by atoms with Gasteiger partial charge in [-0.15, -0.1) is 0 Å². The van der Waals surface area contributed by atoms with Gasteiger partial charge in [-0.3, -0.25) is 4.79 Å². The van der Waals surface area contributed by atoms with Gasteiger partial charge in [-0.2, -0.15) is 0 Å². The molecule has 0 spiro atoms. The van der Waals surface area contributed by atoms with E-state index in [1.807, 2.05) is 6.07 Å². The lowest BCUT2D eigenvalue weighted by molar-refractivity contribution is 0.101. The highest BCUT2D eigenvalue weighted by Crippen LogP contribution is 2.34. The van der Waals surface area contributed by atoms with Gasteiger partial charge >= 0.3 is 0 Å². The van der Waals surface area contributed by atoms with Gasteiger partial charge in [0.05, 0.1) is 7.11 Å². The van der Waals surface area contributed by atoms with Crippen LogP contribution in [0.3, 0.4) is 0 Å². The predicted octanol–water partition coefficient (Wildman–Crippen LogP) is 4.47. The van der Waals surface area contributed by atoms with Crippen molar-refractivity contribution in [1.29, 1.82) is 0 Å². The molecule has 4 heteroatoms. The van der Waals surface area contributed by atoms with Crippen molar-refractivity contribution in [3.8, 4) is 16.9 Å². The number of rotatable bonds is 3. The van der Waals surface area contributed by atoms with Gasteiger partial charge in [-0.25, -0.2) is 4.39 Å². The van der Waals surface area contributed by atoms with E-state index in [2.05, 4.69) is 15.9 Å². The Morgan fingerprint density at radius 3 is 2.42 bits per heavy atom. The Morgan fingerprint density at radius 2 is 1.84 bits per heavy atom. The zero-order valence-electron chi connectivity index (χ0n) is 10.5. The minimum Gasteiger partial charge on any atom is -0.496 e. The summed E-state index contributed by atoms with van der Waals surface area (Å²) in [4.78, 5) is 11.2. The van der Waals surface area contributed by atoms with E-state index in [1.54, 1.807) is 24.3 Å². The predicted molar refractivity (Wildman–Crippen MR) is 76.1 cm³/mol. The number of ether oxygens (including phenoxy) is 1. The standard InChI is InChI=1S/C15H12BrFO2/c1-9(18)10-3-5-12(14(17)7-10)13-6-4-11(16)8-15(13)19-2/h3-8H,1-2H3. The van der Waals surface area contributed by atoms with Crippen LogP contribution in [0.15, 0.2) is 40.9 Å². The second-order valence-corrected chi connectivity index (χ2v) is 5.01. The molecule has 2 nitrogen and oxygen atoms in total. The fourth-order valence-corrected chi connectivity index (χ4v) is 2.18. The van der Waals surface area contributed by atoms with Gasteiger partial charge in [0.1, 0.15) is 11.6 Å². The van der Waals surface area contributed by atoms with Gasteiger partial charge in [-0.1, -0.05) is 28.1 Å². The molecule has 0 aliphatic heterocycles. The maximum atomic E-state index is 14.1. The maximum absolute atomic E-state index is 14.1. The van der Waals surface area contributed by atoms with Crippen molar-refractivity contribution >= 4 is 21.7 Å². The van der Waals surface area contributed by atoms with Crippen LogP contribution in [0, 0.1) is 5.82 Å².